The largest absolute Gasteiger partial charge is 0.482 e. The molecular formula is C13H19ClN2O2. The minimum absolute atomic E-state index is 0.0194. The summed E-state index contributed by atoms with van der Waals surface area (Å²) in [5, 5.41) is 6.30. The molecule has 0 aliphatic heterocycles. The number of likely N-dealkylation sites (N-methyl/N-ethyl adjacent to an activating group) is 1. The zero-order chi connectivity index (χ0) is 13.5. The lowest BCUT2D eigenvalue weighted by Gasteiger charge is -2.13. The van der Waals surface area contributed by atoms with Crippen molar-refractivity contribution >= 4 is 17.5 Å². The summed E-state index contributed by atoms with van der Waals surface area (Å²) in [6.07, 6.45) is 0. The van der Waals surface area contributed by atoms with Gasteiger partial charge < -0.3 is 15.4 Å². The van der Waals surface area contributed by atoms with Gasteiger partial charge in [0.15, 0.2) is 6.61 Å². The van der Waals surface area contributed by atoms with E-state index in [9.17, 15) is 4.79 Å². The molecule has 4 nitrogen and oxygen atoms in total. The van der Waals surface area contributed by atoms with Gasteiger partial charge in [0.2, 0.25) is 0 Å². The van der Waals surface area contributed by atoms with Gasteiger partial charge in [-0.05, 0) is 38.6 Å². The van der Waals surface area contributed by atoms with Gasteiger partial charge in [0.25, 0.3) is 5.91 Å². The number of benzene rings is 1. The van der Waals surface area contributed by atoms with E-state index in [1.807, 2.05) is 33.0 Å². The summed E-state index contributed by atoms with van der Waals surface area (Å²) in [7, 11) is 1.89. The Labute approximate surface area is 113 Å². The number of amides is 1. The summed E-state index contributed by atoms with van der Waals surface area (Å²) >= 11 is 6.11. The molecule has 0 fully saturated rings. The van der Waals surface area contributed by atoms with Gasteiger partial charge >= 0.3 is 0 Å². The van der Waals surface area contributed by atoms with Gasteiger partial charge in [0.05, 0.1) is 5.02 Å². The summed E-state index contributed by atoms with van der Waals surface area (Å²) in [6, 6.07) is 5.78. The quantitative estimate of drug-likeness (QED) is 0.833. The van der Waals surface area contributed by atoms with E-state index in [-0.39, 0.29) is 18.6 Å². The molecule has 1 aromatic rings. The zero-order valence-electron chi connectivity index (χ0n) is 10.9. The molecule has 1 rings (SSSR count). The Hall–Kier alpha value is -1.26. The van der Waals surface area contributed by atoms with E-state index >= 15 is 0 Å². The number of ether oxygens (including phenoxy) is 1. The van der Waals surface area contributed by atoms with Crippen LogP contribution in [0.1, 0.15) is 25.5 Å². The fourth-order valence-corrected chi connectivity index (χ4v) is 1.71. The molecular weight excluding hydrogens is 252 g/mol. The van der Waals surface area contributed by atoms with Gasteiger partial charge in [0.1, 0.15) is 5.75 Å². The lowest BCUT2D eigenvalue weighted by Crippen LogP contribution is -2.28. The highest BCUT2D eigenvalue weighted by Crippen LogP contribution is 2.27. The highest BCUT2D eigenvalue weighted by molar-refractivity contribution is 6.32. The van der Waals surface area contributed by atoms with Crippen molar-refractivity contribution in [2.24, 2.45) is 0 Å². The van der Waals surface area contributed by atoms with Gasteiger partial charge in [0, 0.05) is 12.6 Å². The molecule has 0 saturated heterocycles. The molecule has 0 radical (unpaired) electrons. The Bertz CT molecular complexity index is 410. The van der Waals surface area contributed by atoms with E-state index in [1.165, 1.54) is 0 Å². The Kier molecular flexibility index (Phi) is 5.95. The lowest BCUT2D eigenvalue weighted by atomic mass is 10.1. The Morgan fingerprint density at radius 1 is 1.50 bits per heavy atom. The van der Waals surface area contributed by atoms with Crippen LogP contribution in [0.5, 0.6) is 5.75 Å². The molecule has 0 spiro atoms. The molecule has 0 heterocycles. The first-order chi connectivity index (χ1) is 8.58. The molecule has 18 heavy (non-hydrogen) atoms. The van der Waals surface area contributed by atoms with Crippen LogP contribution in [-0.4, -0.2) is 26.1 Å². The zero-order valence-corrected chi connectivity index (χ0v) is 11.7. The summed E-state index contributed by atoms with van der Waals surface area (Å²) in [5.74, 6) is 0.371. The lowest BCUT2D eigenvalue weighted by molar-refractivity contribution is -0.122. The first-order valence-corrected chi connectivity index (χ1v) is 6.32. The van der Waals surface area contributed by atoms with Gasteiger partial charge in [-0.25, -0.2) is 0 Å². The number of carbonyl (C=O) groups is 1. The molecule has 0 aliphatic rings. The van der Waals surface area contributed by atoms with Crippen LogP contribution in [0.4, 0.5) is 0 Å². The molecule has 1 aromatic carbocycles. The molecule has 0 bridgehead atoms. The van der Waals surface area contributed by atoms with Crippen LogP contribution >= 0.6 is 11.6 Å². The third-order valence-corrected chi connectivity index (χ3v) is 2.92. The molecule has 5 heteroatoms. The highest BCUT2D eigenvalue weighted by Gasteiger charge is 2.08. The average molecular weight is 271 g/mol. The third kappa shape index (κ3) is 4.20. The third-order valence-electron chi connectivity index (χ3n) is 2.62. The fraction of sp³-hybridized carbons (Fsp3) is 0.462. The Morgan fingerprint density at radius 2 is 2.22 bits per heavy atom. The van der Waals surface area contributed by atoms with Crippen molar-refractivity contribution in [3.8, 4) is 5.75 Å². The van der Waals surface area contributed by atoms with Crippen LogP contribution in [0.15, 0.2) is 18.2 Å². The van der Waals surface area contributed by atoms with Crippen LogP contribution in [0, 0.1) is 0 Å². The summed E-state index contributed by atoms with van der Waals surface area (Å²) in [4.78, 5) is 11.3. The number of hydrogen-bond donors (Lipinski definition) is 2. The van der Waals surface area contributed by atoms with E-state index < -0.39 is 0 Å². The summed E-state index contributed by atoms with van der Waals surface area (Å²) in [5.41, 5.74) is 1.08. The van der Waals surface area contributed by atoms with Gasteiger partial charge in [-0.15, -0.1) is 0 Å². The Morgan fingerprint density at radius 3 is 2.78 bits per heavy atom. The maximum atomic E-state index is 11.3. The van der Waals surface area contributed by atoms with E-state index in [4.69, 9.17) is 16.3 Å². The maximum absolute atomic E-state index is 11.3. The van der Waals surface area contributed by atoms with E-state index in [2.05, 4.69) is 10.6 Å². The smallest absolute Gasteiger partial charge is 0.257 e. The van der Waals surface area contributed by atoms with E-state index in [0.29, 0.717) is 17.3 Å². The summed E-state index contributed by atoms with van der Waals surface area (Å²) < 4.78 is 5.36. The van der Waals surface area contributed by atoms with Crippen LogP contribution in [0.25, 0.3) is 0 Å². The molecule has 1 amide bonds. The first-order valence-electron chi connectivity index (χ1n) is 5.94. The molecule has 1 atom stereocenters. The average Bonchev–Trinajstić information content (AvgIpc) is 2.36. The van der Waals surface area contributed by atoms with Crippen molar-refractivity contribution in [3.63, 3.8) is 0 Å². The second-order valence-electron chi connectivity index (χ2n) is 3.94. The number of rotatable bonds is 6. The molecule has 100 valence electrons. The monoisotopic (exact) mass is 270 g/mol. The van der Waals surface area contributed by atoms with Crippen molar-refractivity contribution in [2.75, 3.05) is 20.2 Å². The van der Waals surface area contributed by atoms with Crippen LogP contribution in [-0.2, 0) is 4.79 Å². The molecule has 0 saturated carbocycles. The SMILES string of the molecule is CCNC(=O)COc1ccc(C(C)NC)cc1Cl. The summed E-state index contributed by atoms with van der Waals surface area (Å²) in [6.45, 7) is 4.47. The predicted molar refractivity (Wildman–Crippen MR) is 73.1 cm³/mol. The van der Waals surface area contributed by atoms with E-state index in [1.54, 1.807) is 6.07 Å². The van der Waals surface area contributed by atoms with Crippen LogP contribution in [0.2, 0.25) is 5.02 Å². The van der Waals surface area contributed by atoms with E-state index in [0.717, 1.165) is 5.56 Å². The van der Waals surface area contributed by atoms with Crippen molar-refractivity contribution in [2.45, 2.75) is 19.9 Å². The van der Waals surface area contributed by atoms with Gasteiger partial charge in [-0.1, -0.05) is 17.7 Å². The molecule has 0 aromatic heterocycles. The predicted octanol–water partition coefficient (Wildman–Crippen LogP) is 2.14. The molecule has 0 aliphatic carbocycles. The van der Waals surface area contributed by atoms with Crippen LogP contribution < -0.4 is 15.4 Å². The Balaban J connectivity index is 2.65. The minimum atomic E-state index is -0.152. The topological polar surface area (TPSA) is 50.4 Å². The number of hydrogen-bond acceptors (Lipinski definition) is 3. The van der Waals surface area contributed by atoms with Crippen molar-refractivity contribution in [1.29, 1.82) is 0 Å². The number of nitrogens with one attached hydrogen (secondary N) is 2. The second kappa shape index (κ2) is 7.24. The first kappa shape index (κ1) is 14.8. The number of halogens is 1. The standard InChI is InChI=1S/C13H19ClN2O2/c1-4-16-13(17)8-18-12-6-5-10(7-11(12)14)9(2)15-3/h5-7,9,15H,4,8H2,1-3H3,(H,16,17). The molecule has 2 N–H and O–H groups in total. The van der Waals surface area contributed by atoms with Crippen molar-refractivity contribution < 1.29 is 9.53 Å². The van der Waals surface area contributed by atoms with Gasteiger partial charge in [-0.2, -0.15) is 0 Å². The minimum Gasteiger partial charge on any atom is -0.482 e. The van der Waals surface area contributed by atoms with Gasteiger partial charge in [-0.3, -0.25) is 4.79 Å². The molecule has 1 unspecified atom stereocenters. The van der Waals surface area contributed by atoms with Crippen molar-refractivity contribution in [1.82, 2.24) is 10.6 Å². The normalized spacial score (nSPS) is 12.0. The van der Waals surface area contributed by atoms with Crippen molar-refractivity contribution in [3.05, 3.63) is 28.8 Å². The van der Waals surface area contributed by atoms with Crippen LogP contribution in [0.3, 0.4) is 0 Å². The second-order valence-corrected chi connectivity index (χ2v) is 4.35. The number of carbonyl (C=O) groups excluding carboxylic acids is 1. The maximum Gasteiger partial charge on any atom is 0.257 e. The fourth-order valence-electron chi connectivity index (χ4n) is 1.46. The highest BCUT2D eigenvalue weighted by atomic mass is 35.5.